The van der Waals surface area contributed by atoms with Crippen molar-refractivity contribution in [3.63, 3.8) is 0 Å². The summed E-state index contributed by atoms with van der Waals surface area (Å²) >= 11 is 0. The van der Waals surface area contributed by atoms with Crippen molar-refractivity contribution in [2.75, 3.05) is 0 Å². The summed E-state index contributed by atoms with van der Waals surface area (Å²) in [5, 5.41) is 7.05. The van der Waals surface area contributed by atoms with Gasteiger partial charge in [0.25, 0.3) is 0 Å². The van der Waals surface area contributed by atoms with Crippen molar-refractivity contribution >= 4 is 11.5 Å². The molecule has 0 aliphatic carbocycles. The summed E-state index contributed by atoms with van der Waals surface area (Å²) < 4.78 is 0. The number of carbonyl (C=O) groups excluding carboxylic acids is 1. The molecule has 11 heavy (non-hydrogen) atoms. The summed E-state index contributed by atoms with van der Waals surface area (Å²) in [5.41, 5.74) is 0.188. The van der Waals surface area contributed by atoms with Crippen LogP contribution in [0.4, 0.5) is 0 Å². The van der Waals surface area contributed by atoms with Gasteiger partial charge in [0, 0.05) is 6.42 Å². The number of rotatable bonds is 5. The van der Waals surface area contributed by atoms with Gasteiger partial charge in [0.1, 0.15) is 0 Å². The van der Waals surface area contributed by atoms with E-state index >= 15 is 0 Å². The molecule has 64 valence electrons. The van der Waals surface area contributed by atoms with Gasteiger partial charge in [-0.3, -0.25) is 4.79 Å². The van der Waals surface area contributed by atoms with Crippen LogP contribution < -0.4 is 0 Å². The SMILES string of the molecule is CCC(C)CCC(=O)C(C)=N. The van der Waals surface area contributed by atoms with Crippen molar-refractivity contribution in [3.05, 3.63) is 0 Å². The first-order valence-electron chi connectivity index (χ1n) is 4.16. The van der Waals surface area contributed by atoms with Crippen LogP contribution in [0.25, 0.3) is 0 Å². The van der Waals surface area contributed by atoms with Crippen molar-refractivity contribution < 1.29 is 4.79 Å². The molecule has 0 saturated carbocycles. The number of carbonyl (C=O) groups is 1. The third-order valence-electron chi connectivity index (χ3n) is 1.98. The van der Waals surface area contributed by atoms with Gasteiger partial charge < -0.3 is 5.41 Å². The summed E-state index contributed by atoms with van der Waals surface area (Å²) in [4.78, 5) is 10.9. The molecule has 0 saturated heterocycles. The minimum Gasteiger partial charge on any atom is -0.302 e. The molecule has 0 fully saturated rings. The lowest BCUT2D eigenvalue weighted by Gasteiger charge is -2.05. The molecule has 0 aliphatic heterocycles. The minimum atomic E-state index is -0.00898. The molecule has 0 aromatic heterocycles. The molecule has 1 N–H and O–H groups in total. The van der Waals surface area contributed by atoms with E-state index in [1.165, 1.54) is 0 Å². The second-order valence-electron chi connectivity index (χ2n) is 3.10. The fraction of sp³-hybridized carbons (Fsp3) is 0.778. The van der Waals surface area contributed by atoms with Gasteiger partial charge in [0.05, 0.1) is 5.71 Å². The van der Waals surface area contributed by atoms with Gasteiger partial charge in [-0.2, -0.15) is 0 Å². The molecule has 0 aromatic rings. The standard InChI is InChI=1S/C9H17NO/c1-4-7(2)5-6-9(11)8(3)10/h7,10H,4-6H2,1-3H3. The maximum atomic E-state index is 10.9. The maximum absolute atomic E-state index is 10.9. The van der Waals surface area contributed by atoms with Crippen LogP contribution in [0.15, 0.2) is 0 Å². The smallest absolute Gasteiger partial charge is 0.176 e. The summed E-state index contributed by atoms with van der Waals surface area (Å²) in [6.45, 7) is 5.80. The first kappa shape index (κ1) is 10.3. The third kappa shape index (κ3) is 4.71. The van der Waals surface area contributed by atoms with E-state index in [1.54, 1.807) is 6.92 Å². The van der Waals surface area contributed by atoms with Crippen LogP contribution >= 0.6 is 0 Å². The van der Waals surface area contributed by atoms with Crippen LogP contribution in [0.5, 0.6) is 0 Å². The maximum Gasteiger partial charge on any atom is 0.176 e. The molecule has 0 heterocycles. The molecule has 0 rings (SSSR count). The average Bonchev–Trinajstić information content (AvgIpc) is 1.99. The van der Waals surface area contributed by atoms with Crippen LogP contribution in [0.1, 0.15) is 40.0 Å². The van der Waals surface area contributed by atoms with Crippen LogP contribution in [0.2, 0.25) is 0 Å². The molecule has 1 atom stereocenters. The van der Waals surface area contributed by atoms with Gasteiger partial charge in [-0.25, -0.2) is 0 Å². The van der Waals surface area contributed by atoms with Gasteiger partial charge in [0.2, 0.25) is 0 Å². The Morgan fingerprint density at radius 3 is 2.45 bits per heavy atom. The highest BCUT2D eigenvalue weighted by molar-refractivity contribution is 6.37. The van der Waals surface area contributed by atoms with Crippen LogP contribution in [-0.2, 0) is 4.79 Å². The van der Waals surface area contributed by atoms with Crippen molar-refractivity contribution in [2.45, 2.75) is 40.0 Å². The zero-order valence-corrected chi connectivity index (χ0v) is 7.61. The number of nitrogens with one attached hydrogen (secondary N) is 1. The lowest BCUT2D eigenvalue weighted by Crippen LogP contribution is -2.09. The molecule has 0 radical (unpaired) electrons. The molecule has 1 unspecified atom stereocenters. The summed E-state index contributed by atoms with van der Waals surface area (Å²) in [6.07, 6.45) is 2.58. The van der Waals surface area contributed by atoms with Gasteiger partial charge in [-0.05, 0) is 19.3 Å². The average molecular weight is 155 g/mol. The Bertz CT molecular complexity index is 152. The Balaban J connectivity index is 3.54. The van der Waals surface area contributed by atoms with Crippen LogP contribution in [-0.4, -0.2) is 11.5 Å². The Labute approximate surface area is 68.5 Å². The molecule has 0 spiro atoms. The second-order valence-corrected chi connectivity index (χ2v) is 3.10. The fourth-order valence-corrected chi connectivity index (χ4v) is 0.769. The highest BCUT2D eigenvalue weighted by Crippen LogP contribution is 2.09. The third-order valence-corrected chi connectivity index (χ3v) is 1.98. The number of hydrogen-bond acceptors (Lipinski definition) is 2. The summed E-state index contributed by atoms with van der Waals surface area (Å²) in [5.74, 6) is 0.601. The minimum absolute atomic E-state index is 0.00898. The Morgan fingerprint density at radius 2 is 2.09 bits per heavy atom. The molecule has 0 bridgehead atoms. The quantitative estimate of drug-likeness (QED) is 0.608. The van der Waals surface area contributed by atoms with E-state index < -0.39 is 0 Å². The lowest BCUT2D eigenvalue weighted by atomic mass is 10.00. The highest BCUT2D eigenvalue weighted by atomic mass is 16.1. The predicted octanol–water partition coefficient (Wildman–Crippen LogP) is 2.42. The van der Waals surface area contributed by atoms with E-state index in [2.05, 4.69) is 13.8 Å². The van der Waals surface area contributed by atoms with Gasteiger partial charge in [0.15, 0.2) is 5.78 Å². The van der Waals surface area contributed by atoms with Crippen molar-refractivity contribution in [1.82, 2.24) is 0 Å². The van der Waals surface area contributed by atoms with E-state index in [9.17, 15) is 4.79 Å². The van der Waals surface area contributed by atoms with E-state index in [0.29, 0.717) is 12.3 Å². The lowest BCUT2D eigenvalue weighted by molar-refractivity contribution is -0.113. The van der Waals surface area contributed by atoms with Crippen molar-refractivity contribution in [3.8, 4) is 0 Å². The second kappa shape index (κ2) is 5.05. The first-order valence-corrected chi connectivity index (χ1v) is 4.16. The molecule has 2 heteroatoms. The summed E-state index contributed by atoms with van der Waals surface area (Å²) in [7, 11) is 0. The van der Waals surface area contributed by atoms with Crippen molar-refractivity contribution in [1.29, 1.82) is 5.41 Å². The van der Waals surface area contributed by atoms with Gasteiger partial charge >= 0.3 is 0 Å². The largest absolute Gasteiger partial charge is 0.302 e. The molecule has 0 aliphatic rings. The van der Waals surface area contributed by atoms with E-state index in [0.717, 1.165) is 12.8 Å². The molecule has 2 nitrogen and oxygen atoms in total. The highest BCUT2D eigenvalue weighted by Gasteiger charge is 2.06. The fourth-order valence-electron chi connectivity index (χ4n) is 0.769. The zero-order valence-electron chi connectivity index (χ0n) is 7.61. The molecular formula is C9H17NO. The van der Waals surface area contributed by atoms with E-state index in [4.69, 9.17) is 5.41 Å². The Hall–Kier alpha value is -0.660. The van der Waals surface area contributed by atoms with Gasteiger partial charge in [-0.15, -0.1) is 0 Å². The molecule has 0 aromatic carbocycles. The first-order chi connectivity index (χ1) is 5.07. The zero-order chi connectivity index (χ0) is 8.85. The number of hydrogen-bond donors (Lipinski definition) is 1. The molecule has 0 amide bonds. The van der Waals surface area contributed by atoms with Crippen LogP contribution in [0, 0.1) is 11.3 Å². The number of Topliss-reactive ketones (excluding diaryl/α,β-unsaturated/α-hetero) is 1. The molecular weight excluding hydrogens is 138 g/mol. The summed E-state index contributed by atoms with van der Waals surface area (Å²) in [6, 6.07) is 0. The Morgan fingerprint density at radius 1 is 1.55 bits per heavy atom. The normalized spacial score (nSPS) is 12.6. The van der Waals surface area contributed by atoms with Crippen LogP contribution in [0.3, 0.4) is 0 Å². The Kier molecular flexibility index (Phi) is 4.75. The van der Waals surface area contributed by atoms with E-state index in [-0.39, 0.29) is 11.5 Å². The van der Waals surface area contributed by atoms with Gasteiger partial charge in [-0.1, -0.05) is 20.3 Å². The monoisotopic (exact) mass is 155 g/mol. The van der Waals surface area contributed by atoms with E-state index in [1.807, 2.05) is 0 Å². The van der Waals surface area contributed by atoms with Crippen molar-refractivity contribution in [2.24, 2.45) is 5.92 Å². The predicted molar refractivity (Wildman–Crippen MR) is 47.1 cm³/mol. The topological polar surface area (TPSA) is 40.9 Å². The number of ketones is 1.